The summed E-state index contributed by atoms with van der Waals surface area (Å²) in [5, 5.41) is 2.98. The molecule has 0 saturated carbocycles. The van der Waals surface area contributed by atoms with E-state index in [1.54, 1.807) is 0 Å². The van der Waals surface area contributed by atoms with Gasteiger partial charge in [0.05, 0.1) is 12.7 Å². The van der Waals surface area contributed by atoms with Gasteiger partial charge < -0.3 is 14.5 Å². The molecule has 92 valence electrons. The van der Waals surface area contributed by atoms with Crippen LogP contribution >= 0.6 is 0 Å². The van der Waals surface area contributed by atoms with Gasteiger partial charge in [-0.15, -0.1) is 0 Å². The van der Waals surface area contributed by atoms with E-state index in [2.05, 4.69) is 15.0 Å². The van der Waals surface area contributed by atoms with E-state index < -0.39 is 12.8 Å². The van der Waals surface area contributed by atoms with Gasteiger partial charge in [0.25, 0.3) is 0 Å². The van der Waals surface area contributed by atoms with Gasteiger partial charge in [-0.1, -0.05) is 6.92 Å². The van der Waals surface area contributed by atoms with Crippen LogP contribution in [0.2, 0.25) is 0 Å². The summed E-state index contributed by atoms with van der Waals surface area (Å²) >= 11 is 0. The molecular weight excluding hydrogens is 225 g/mol. The highest BCUT2D eigenvalue weighted by atomic mass is 19.4. The molecule has 4 nitrogen and oxygen atoms in total. The highest BCUT2D eigenvalue weighted by molar-refractivity contribution is 4.92. The van der Waals surface area contributed by atoms with Crippen LogP contribution in [0.25, 0.3) is 0 Å². The Balaban J connectivity index is 2.29. The number of nitrogens with one attached hydrogen (secondary N) is 1. The zero-order valence-electron chi connectivity index (χ0n) is 8.80. The SMILES string of the molecule is CCNCc1ncc(COCC(F)(F)F)o1. The predicted molar refractivity (Wildman–Crippen MR) is 49.6 cm³/mol. The van der Waals surface area contributed by atoms with Crippen molar-refractivity contribution >= 4 is 0 Å². The van der Waals surface area contributed by atoms with Crippen LogP contribution in [0.1, 0.15) is 18.6 Å². The van der Waals surface area contributed by atoms with Crippen molar-refractivity contribution in [1.82, 2.24) is 10.3 Å². The second kappa shape index (κ2) is 5.86. The zero-order valence-corrected chi connectivity index (χ0v) is 8.80. The molecule has 0 unspecified atom stereocenters. The molecule has 0 aliphatic carbocycles. The molecule has 7 heteroatoms. The first-order valence-electron chi connectivity index (χ1n) is 4.80. The third-order valence-electron chi connectivity index (χ3n) is 1.64. The lowest BCUT2D eigenvalue weighted by Gasteiger charge is -2.05. The van der Waals surface area contributed by atoms with Gasteiger partial charge in [-0.25, -0.2) is 4.98 Å². The van der Waals surface area contributed by atoms with Crippen molar-refractivity contribution in [3.8, 4) is 0 Å². The molecule has 0 aliphatic rings. The fraction of sp³-hybridized carbons (Fsp3) is 0.667. The first kappa shape index (κ1) is 13.0. The number of alkyl halides is 3. The van der Waals surface area contributed by atoms with Crippen LogP contribution in [0.15, 0.2) is 10.6 Å². The minimum absolute atomic E-state index is 0.224. The third kappa shape index (κ3) is 5.13. The molecule has 16 heavy (non-hydrogen) atoms. The summed E-state index contributed by atoms with van der Waals surface area (Å²) in [6.45, 7) is 1.64. The highest BCUT2D eigenvalue weighted by Gasteiger charge is 2.27. The van der Waals surface area contributed by atoms with Crippen molar-refractivity contribution in [3.63, 3.8) is 0 Å². The summed E-state index contributed by atoms with van der Waals surface area (Å²) in [5.74, 6) is 0.726. The van der Waals surface area contributed by atoms with E-state index in [4.69, 9.17) is 4.42 Å². The second-order valence-electron chi connectivity index (χ2n) is 3.11. The van der Waals surface area contributed by atoms with Crippen LogP contribution in [0.5, 0.6) is 0 Å². The van der Waals surface area contributed by atoms with Gasteiger partial charge in [0.15, 0.2) is 0 Å². The van der Waals surface area contributed by atoms with Gasteiger partial charge in [0.1, 0.15) is 19.0 Å². The maximum Gasteiger partial charge on any atom is 0.411 e. The summed E-state index contributed by atoms with van der Waals surface area (Å²) in [7, 11) is 0. The Hall–Kier alpha value is -1.08. The van der Waals surface area contributed by atoms with Crippen molar-refractivity contribution in [2.45, 2.75) is 26.3 Å². The maximum absolute atomic E-state index is 11.7. The molecule has 0 spiro atoms. The number of rotatable bonds is 6. The van der Waals surface area contributed by atoms with Crippen LogP contribution in [0, 0.1) is 0 Å². The van der Waals surface area contributed by atoms with Gasteiger partial charge in [-0.3, -0.25) is 0 Å². The Kier molecular flexibility index (Phi) is 4.75. The molecule has 0 bridgehead atoms. The molecule has 1 aromatic rings. The number of halogens is 3. The van der Waals surface area contributed by atoms with Gasteiger partial charge in [0.2, 0.25) is 5.89 Å². The largest absolute Gasteiger partial charge is 0.442 e. The summed E-state index contributed by atoms with van der Waals surface area (Å²) in [6, 6.07) is 0. The Morgan fingerprint density at radius 2 is 2.25 bits per heavy atom. The van der Waals surface area contributed by atoms with Crippen LogP contribution in [-0.4, -0.2) is 24.3 Å². The Labute approximate surface area is 90.8 Å². The van der Waals surface area contributed by atoms with Gasteiger partial charge in [-0.2, -0.15) is 13.2 Å². The number of hydrogen-bond donors (Lipinski definition) is 1. The van der Waals surface area contributed by atoms with E-state index >= 15 is 0 Å². The van der Waals surface area contributed by atoms with E-state index in [-0.39, 0.29) is 12.4 Å². The molecule has 0 fully saturated rings. The number of hydrogen-bond acceptors (Lipinski definition) is 4. The summed E-state index contributed by atoms with van der Waals surface area (Å²) in [4.78, 5) is 3.88. The molecular formula is C9H13F3N2O2. The van der Waals surface area contributed by atoms with Crippen LogP contribution in [0.3, 0.4) is 0 Å². The van der Waals surface area contributed by atoms with E-state index in [9.17, 15) is 13.2 Å². The Bertz CT molecular complexity index is 312. The van der Waals surface area contributed by atoms with E-state index in [0.717, 1.165) is 6.54 Å². The van der Waals surface area contributed by atoms with Gasteiger partial charge >= 0.3 is 6.18 Å². The fourth-order valence-corrected chi connectivity index (χ4v) is 0.996. The third-order valence-corrected chi connectivity index (χ3v) is 1.64. The molecule has 0 amide bonds. The van der Waals surface area contributed by atoms with Gasteiger partial charge in [0, 0.05) is 0 Å². The second-order valence-corrected chi connectivity index (χ2v) is 3.11. The molecule has 0 aliphatic heterocycles. The molecule has 1 heterocycles. The summed E-state index contributed by atoms with van der Waals surface area (Å²) in [6.07, 6.45) is -2.95. The smallest absolute Gasteiger partial charge is 0.411 e. The lowest BCUT2D eigenvalue weighted by Crippen LogP contribution is -2.16. The quantitative estimate of drug-likeness (QED) is 0.821. The minimum atomic E-state index is -4.31. The van der Waals surface area contributed by atoms with Crippen molar-refractivity contribution < 1.29 is 22.3 Å². The molecule has 0 radical (unpaired) electrons. The number of oxazole rings is 1. The molecule has 1 rings (SSSR count). The number of aromatic nitrogens is 1. The topological polar surface area (TPSA) is 47.3 Å². The summed E-state index contributed by atoms with van der Waals surface area (Å²) < 4.78 is 44.8. The van der Waals surface area contributed by atoms with Crippen LogP contribution < -0.4 is 5.32 Å². The Morgan fingerprint density at radius 1 is 1.50 bits per heavy atom. The highest BCUT2D eigenvalue weighted by Crippen LogP contribution is 2.15. The fourth-order valence-electron chi connectivity index (χ4n) is 0.996. The number of ether oxygens (including phenoxy) is 1. The first-order chi connectivity index (χ1) is 7.51. The van der Waals surface area contributed by atoms with Crippen molar-refractivity contribution in [2.75, 3.05) is 13.2 Å². The standard InChI is InChI=1S/C9H13F3N2O2/c1-2-13-4-8-14-3-7(16-8)5-15-6-9(10,11)12/h3,13H,2,4-6H2,1H3. The lowest BCUT2D eigenvalue weighted by molar-refractivity contribution is -0.177. The Morgan fingerprint density at radius 3 is 2.88 bits per heavy atom. The normalized spacial score (nSPS) is 12.0. The van der Waals surface area contributed by atoms with E-state index in [0.29, 0.717) is 12.4 Å². The summed E-state index contributed by atoms with van der Waals surface area (Å²) in [5.41, 5.74) is 0. The minimum Gasteiger partial charge on any atom is -0.442 e. The van der Waals surface area contributed by atoms with Crippen LogP contribution in [-0.2, 0) is 17.9 Å². The van der Waals surface area contributed by atoms with Crippen molar-refractivity contribution in [2.24, 2.45) is 0 Å². The molecule has 0 atom stereocenters. The maximum atomic E-state index is 11.7. The average Bonchev–Trinajstić information content (AvgIpc) is 2.61. The lowest BCUT2D eigenvalue weighted by atomic mass is 10.5. The van der Waals surface area contributed by atoms with E-state index in [1.165, 1.54) is 6.20 Å². The van der Waals surface area contributed by atoms with Gasteiger partial charge in [-0.05, 0) is 6.54 Å². The monoisotopic (exact) mass is 238 g/mol. The number of nitrogens with zero attached hydrogens (tertiary/aromatic N) is 1. The van der Waals surface area contributed by atoms with E-state index in [1.807, 2.05) is 6.92 Å². The van der Waals surface area contributed by atoms with Crippen molar-refractivity contribution in [3.05, 3.63) is 17.8 Å². The molecule has 0 aromatic carbocycles. The molecule has 1 N–H and O–H groups in total. The molecule has 0 saturated heterocycles. The predicted octanol–water partition coefficient (Wildman–Crippen LogP) is 1.86. The zero-order chi connectivity index (χ0) is 12.0. The molecule has 1 aromatic heterocycles. The van der Waals surface area contributed by atoms with Crippen molar-refractivity contribution in [1.29, 1.82) is 0 Å². The van der Waals surface area contributed by atoms with Crippen LogP contribution in [0.4, 0.5) is 13.2 Å². The first-order valence-corrected chi connectivity index (χ1v) is 4.80. The average molecular weight is 238 g/mol.